The summed E-state index contributed by atoms with van der Waals surface area (Å²) in [6, 6.07) is 8.36. The van der Waals surface area contributed by atoms with Crippen LogP contribution in [0, 0.1) is 6.92 Å². The summed E-state index contributed by atoms with van der Waals surface area (Å²) in [7, 11) is -3.31. The minimum Gasteiger partial charge on any atom is -0.383 e. The standard InChI is InChI=1S/C18H17N7O2S/c1-10-6-13-15(24-25-17(13)20-8-10)14-9-21-18(23-16(14)19)22-11-4-3-5-12(7-11)28(2,26)27/h3-9H,1-2H3,(H,20,24,25)(H3,19,21,22,23). The largest absolute Gasteiger partial charge is 0.383 e. The average molecular weight is 395 g/mol. The molecule has 0 bridgehead atoms. The van der Waals surface area contributed by atoms with Gasteiger partial charge in [0.15, 0.2) is 15.5 Å². The lowest BCUT2D eigenvalue weighted by Gasteiger charge is -2.09. The number of H-pyrrole nitrogens is 1. The van der Waals surface area contributed by atoms with Crippen molar-refractivity contribution in [1.82, 2.24) is 25.1 Å². The SMILES string of the molecule is Cc1cnc2n[nH]c(-c3cnc(Nc4cccc(S(C)(=O)=O)c4)nc3N)c2c1. The fourth-order valence-electron chi connectivity index (χ4n) is 2.79. The van der Waals surface area contributed by atoms with E-state index in [1.165, 1.54) is 12.1 Å². The van der Waals surface area contributed by atoms with Crippen molar-refractivity contribution in [1.29, 1.82) is 0 Å². The monoisotopic (exact) mass is 395 g/mol. The van der Waals surface area contributed by atoms with E-state index < -0.39 is 9.84 Å². The summed E-state index contributed by atoms with van der Waals surface area (Å²) in [5.41, 5.74) is 9.56. The van der Waals surface area contributed by atoms with Crippen molar-refractivity contribution >= 4 is 38.3 Å². The maximum absolute atomic E-state index is 11.7. The number of nitrogens with two attached hydrogens (primary N) is 1. The first-order chi connectivity index (χ1) is 13.3. The molecule has 0 spiro atoms. The number of aryl methyl sites for hydroxylation is 1. The second-order valence-corrected chi connectivity index (χ2v) is 8.42. The van der Waals surface area contributed by atoms with Crippen molar-refractivity contribution in [2.75, 3.05) is 17.3 Å². The number of aromatic amines is 1. The Kier molecular flexibility index (Phi) is 4.19. The number of fused-ring (bicyclic) bond motifs is 1. The van der Waals surface area contributed by atoms with E-state index in [1.807, 2.05) is 13.0 Å². The zero-order valence-corrected chi connectivity index (χ0v) is 15.9. The highest BCUT2D eigenvalue weighted by Crippen LogP contribution is 2.29. The topological polar surface area (TPSA) is 140 Å². The van der Waals surface area contributed by atoms with Crippen LogP contribution in [0.5, 0.6) is 0 Å². The molecule has 0 saturated carbocycles. The molecule has 4 aromatic rings. The molecule has 0 atom stereocenters. The van der Waals surface area contributed by atoms with Gasteiger partial charge < -0.3 is 11.1 Å². The van der Waals surface area contributed by atoms with E-state index in [9.17, 15) is 8.42 Å². The molecule has 0 fully saturated rings. The smallest absolute Gasteiger partial charge is 0.229 e. The van der Waals surface area contributed by atoms with E-state index in [2.05, 4.69) is 30.5 Å². The first-order valence-electron chi connectivity index (χ1n) is 8.32. The van der Waals surface area contributed by atoms with Crippen LogP contribution < -0.4 is 11.1 Å². The average Bonchev–Trinajstić information content (AvgIpc) is 3.04. The molecule has 0 aliphatic carbocycles. The molecule has 28 heavy (non-hydrogen) atoms. The molecule has 4 N–H and O–H groups in total. The highest BCUT2D eigenvalue weighted by atomic mass is 32.2. The van der Waals surface area contributed by atoms with Gasteiger partial charge in [0, 0.05) is 29.7 Å². The summed E-state index contributed by atoms with van der Waals surface area (Å²) in [5, 5.41) is 10.9. The number of rotatable bonds is 4. The van der Waals surface area contributed by atoms with Gasteiger partial charge in [-0.05, 0) is 36.8 Å². The van der Waals surface area contributed by atoms with E-state index in [4.69, 9.17) is 5.73 Å². The van der Waals surface area contributed by atoms with Crippen molar-refractivity contribution in [3.05, 3.63) is 48.3 Å². The van der Waals surface area contributed by atoms with Crippen molar-refractivity contribution in [3.63, 3.8) is 0 Å². The van der Waals surface area contributed by atoms with E-state index in [0.29, 0.717) is 22.6 Å². The maximum atomic E-state index is 11.7. The highest BCUT2D eigenvalue weighted by Gasteiger charge is 2.14. The molecule has 142 valence electrons. The molecule has 3 aromatic heterocycles. The lowest BCUT2D eigenvalue weighted by atomic mass is 10.1. The zero-order valence-electron chi connectivity index (χ0n) is 15.1. The van der Waals surface area contributed by atoms with Gasteiger partial charge in [-0.15, -0.1) is 0 Å². The summed E-state index contributed by atoms with van der Waals surface area (Å²) in [4.78, 5) is 13.1. The molecule has 0 aliphatic rings. The number of nitrogen functional groups attached to an aromatic ring is 1. The van der Waals surface area contributed by atoms with Crippen LogP contribution >= 0.6 is 0 Å². The summed E-state index contributed by atoms with van der Waals surface area (Å²) in [6.45, 7) is 1.95. The van der Waals surface area contributed by atoms with Crippen molar-refractivity contribution in [2.45, 2.75) is 11.8 Å². The van der Waals surface area contributed by atoms with Crippen LogP contribution in [0.4, 0.5) is 17.5 Å². The third-order valence-electron chi connectivity index (χ3n) is 4.15. The minimum absolute atomic E-state index is 0.203. The predicted molar refractivity (Wildman–Crippen MR) is 107 cm³/mol. The third kappa shape index (κ3) is 3.37. The Hall–Kier alpha value is -3.53. The van der Waals surface area contributed by atoms with Crippen molar-refractivity contribution in [2.24, 2.45) is 0 Å². The van der Waals surface area contributed by atoms with E-state index >= 15 is 0 Å². The van der Waals surface area contributed by atoms with Gasteiger partial charge in [-0.2, -0.15) is 10.1 Å². The van der Waals surface area contributed by atoms with Gasteiger partial charge in [-0.1, -0.05) is 6.07 Å². The molecule has 0 unspecified atom stereocenters. The summed E-state index contributed by atoms with van der Waals surface area (Å²) < 4.78 is 23.4. The third-order valence-corrected chi connectivity index (χ3v) is 5.26. The van der Waals surface area contributed by atoms with Crippen LogP contribution in [0.25, 0.3) is 22.3 Å². The number of aromatic nitrogens is 5. The van der Waals surface area contributed by atoms with E-state index in [-0.39, 0.29) is 16.7 Å². The van der Waals surface area contributed by atoms with Crippen molar-refractivity contribution < 1.29 is 8.42 Å². The second kappa shape index (κ2) is 6.57. The van der Waals surface area contributed by atoms with E-state index in [0.717, 1.165) is 17.2 Å². The molecule has 10 heteroatoms. The molecule has 0 amide bonds. The molecular formula is C18H17N7O2S. The molecule has 1 aromatic carbocycles. The summed E-state index contributed by atoms with van der Waals surface area (Å²) >= 11 is 0. The van der Waals surface area contributed by atoms with Crippen LogP contribution in [0.2, 0.25) is 0 Å². The Morgan fingerprint density at radius 3 is 2.71 bits per heavy atom. The number of pyridine rings is 1. The predicted octanol–water partition coefficient (Wildman–Crippen LogP) is 2.45. The normalized spacial score (nSPS) is 11.6. The molecular weight excluding hydrogens is 378 g/mol. The fourth-order valence-corrected chi connectivity index (χ4v) is 3.46. The highest BCUT2D eigenvalue weighted by molar-refractivity contribution is 7.90. The van der Waals surface area contributed by atoms with Gasteiger partial charge in [0.1, 0.15) is 5.82 Å². The molecule has 0 radical (unpaired) electrons. The van der Waals surface area contributed by atoms with Crippen LogP contribution in [0.3, 0.4) is 0 Å². The number of sulfone groups is 1. The fraction of sp³-hybridized carbons (Fsp3) is 0.111. The molecule has 0 aliphatic heterocycles. The summed E-state index contributed by atoms with van der Waals surface area (Å²) in [5.74, 6) is 0.508. The lowest BCUT2D eigenvalue weighted by molar-refractivity contribution is 0.602. The van der Waals surface area contributed by atoms with Gasteiger partial charge in [0.2, 0.25) is 5.95 Å². The van der Waals surface area contributed by atoms with Crippen LogP contribution in [-0.2, 0) is 9.84 Å². The van der Waals surface area contributed by atoms with E-state index in [1.54, 1.807) is 24.5 Å². The number of nitrogens with zero attached hydrogens (tertiary/aromatic N) is 4. The first kappa shape index (κ1) is 17.9. The van der Waals surface area contributed by atoms with Gasteiger partial charge in [-0.25, -0.2) is 18.4 Å². The van der Waals surface area contributed by atoms with Crippen molar-refractivity contribution in [3.8, 4) is 11.3 Å². The quantitative estimate of drug-likeness (QED) is 0.479. The van der Waals surface area contributed by atoms with Crippen LogP contribution in [-0.4, -0.2) is 39.8 Å². The maximum Gasteiger partial charge on any atom is 0.229 e. The molecule has 4 rings (SSSR count). The number of nitrogens with one attached hydrogen (secondary N) is 2. The number of hydrogen-bond acceptors (Lipinski definition) is 8. The van der Waals surface area contributed by atoms with Gasteiger partial charge in [0.05, 0.1) is 16.2 Å². The lowest BCUT2D eigenvalue weighted by Crippen LogP contribution is -2.03. The Morgan fingerprint density at radius 1 is 1.14 bits per heavy atom. The van der Waals surface area contributed by atoms with Crippen LogP contribution in [0.1, 0.15) is 5.56 Å². The molecule has 0 saturated heterocycles. The van der Waals surface area contributed by atoms with Gasteiger partial charge in [-0.3, -0.25) is 5.10 Å². The molecule has 9 nitrogen and oxygen atoms in total. The minimum atomic E-state index is -3.31. The second-order valence-electron chi connectivity index (χ2n) is 6.40. The first-order valence-corrected chi connectivity index (χ1v) is 10.2. The van der Waals surface area contributed by atoms with Gasteiger partial charge in [0.25, 0.3) is 0 Å². The van der Waals surface area contributed by atoms with Crippen LogP contribution in [0.15, 0.2) is 47.6 Å². The summed E-state index contributed by atoms with van der Waals surface area (Å²) in [6.07, 6.45) is 4.48. The Balaban J connectivity index is 1.68. The number of hydrogen-bond donors (Lipinski definition) is 3. The molecule has 3 heterocycles. The van der Waals surface area contributed by atoms with Gasteiger partial charge >= 0.3 is 0 Å². The Labute approximate surface area is 161 Å². The number of anilines is 3. The number of benzene rings is 1. The zero-order chi connectivity index (χ0) is 19.9. The Morgan fingerprint density at radius 2 is 1.96 bits per heavy atom. The Bertz CT molecular complexity index is 1300.